The number of ketones is 1. The van der Waals surface area contributed by atoms with Gasteiger partial charge in [-0.3, -0.25) is 4.79 Å². The number of hydrogen-bond donors (Lipinski definition) is 0. The molecular formula is C23H22N2O. The van der Waals surface area contributed by atoms with Gasteiger partial charge in [-0.05, 0) is 66.8 Å². The summed E-state index contributed by atoms with van der Waals surface area (Å²) < 4.78 is 0. The number of azo groups is 1. The zero-order valence-corrected chi connectivity index (χ0v) is 14.5. The maximum atomic E-state index is 13.8. The molecule has 1 aromatic rings. The van der Waals surface area contributed by atoms with Crippen LogP contribution in [-0.4, -0.2) is 17.9 Å². The Bertz CT molecular complexity index is 1020. The Balaban J connectivity index is 0.00000112. The Morgan fingerprint density at radius 3 is 2.62 bits per heavy atom. The van der Waals surface area contributed by atoms with Gasteiger partial charge in [0.2, 0.25) is 0 Å². The normalized spacial score (nSPS) is 40.8. The number of terminal acetylenes is 1. The lowest BCUT2D eigenvalue weighted by atomic mass is 9.35. The smallest absolute Gasteiger partial charge is 0.161 e. The van der Waals surface area contributed by atoms with Crippen molar-refractivity contribution in [2.45, 2.75) is 43.1 Å². The van der Waals surface area contributed by atoms with Crippen molar-refractivity contribution in [1.82, 2.24) is 0 Å². The number of carbonyl (C=O) groups is 1. The van der Waals surface area contributed by atoms with E-state index in [0.29, 0.717) is 13.0 Å². The van der Waals surface area contributed by atoms with Gasteiger partial charge in [-0.15, -0.1) is 6.42 Å². The summed E-state index contributed by atoms with van der Waals surface area (Å²) in [6, 6.07) is 10.2. The van der Waals surface area contributed by atoms with E-state index in [1.165, 1.54) is 0 Å². The van der Waals surface area contributed by atoms with Crippen molar-refractivity contribution in [1.29, 1.82) is 0 Å². The van der Waals surface area contributed by atoms with Crippen LogP contribution in [0.4, 0.5) is 0 Å². The molecule has 1 aliphatic heterocycles. The largest absolute Gasteiger partial charge is 0.297 e. The fourth-order valence-electron chi connectivity index (χ4n) is 6.45. The predicted molar refractivity (Wildman–Crippen MR) is 102 cm³/mol. The van der Waals surface area contributed by atoms with E-state index in [1.807, 2.05) is 18.2 Å². The molecule has 4 aliphatic carbocycles. The Labute approximate surface area is 156 Å². The molecular weight excluding hydrogens is 320 g/mol. The van der Waals surface area contributed by atoms with Gasteiger partial charge in [-0.2, -0.15) is 10.2 Å². The zero-order chi connectivity index (χ0) is 17.9. The molecule has 0 radical (unpaired) electrons. The molecule has 4 fully saturated rings. The Kier molecular flexibility index (Phi) is 2.89. The summed E-state index contributed by atoms with van der Waals surface area (Å²) in [5.41, 5.74) is -0.296. The Hall–Kier alpha value is -2.83. The number of Topliss-reactive ketones (excluding diaryl/α,β-unsaturated/α-hetero) is 1. The quantitative estimate of drug-likeness (QED) is 0.716. The van der Waals surface area contributed by atoms with Crippen LogP contribution in [0, 0.1) is 46.9 Å². The topological polar surface area (TPSA) is 41.8 Å². The maximum absolute atomic E-state index is 13.8. The minimum atomic E-state index is -0.673. The second-order valence-electron chi connectivity index (χ2n) is 8.51. The zero-order valence-electron chi connectivity index (χ0n) is 14.5. The van der Waals surface area contributed by atoms with E-state index < -0.39 is 10.8 Å². The highest BCUT2D eigenvalue weighted by Gasteiger charge is 2.74. The van der Waals surface area contributed by atoms with Gasteiger partial charge in [0.05, 0.1) is 22.9 Å². The second-order valence-corrected chi connectivity index (χ2v) is 8.51. The van der Waals surface area contributed by atoms with E-state index in [9.17, 15) is 4.79 Å². The highest BCUT2D eigenvalue weighted by molar-refractivity contribution is 6.00. The summed E-state index contributed by atoms with van der Waals surface area (Å²) in [6.45, 7) is 0.704. The summed E-state index contributed by atoms with van der Waals surface area (Å²) in [7, 11) is 0. The van der Waals surface area contributed by atoms with Gasteiger partial charge < -0.3 is 0 Å². The first-order chi connectivity index (χ1) is 12.6. The Morgan fingerprint density at radius 1 is 1.00 bits per heavy atom. The number of carbonyl (C=O) groups excluding carboxylic acids is 1. The molecule has 0 saturated heterocycles. The third kappa shape index (κ3) is 1.85. The van der Waals surface area contributed by atoms with E-state index in [-0.39, 0.29) is 19.6 Å². The molecule has 2 spiro atoms. The van der Waals surface area contributed by atoms with Crippen molar-refractivity contribution in [3.63, 3.8) is 0 Å². The minimum absolute atomic E-state index is 0. The highest BCUT2D eigenvalue weighted by atomic mass is 16.1. The molecule has 0 amide bonds. The number of benzene rings is 1. The first-order valence-corrected chi connectivity index (χ1v) is 9.03. The molecule has 3 heteroatoms. The molecule has 130 valence electrons. The third-order valence-corrected chi connectivity index (χ3v) is 6.70. The van der Waals surface area contributed by atoms with Gasteiger partial charge in [-0.25, -0.2) is 0 Å². The van der Waals surface area contributed by atoms with Crippen molar-refractivity contribution in [3.05, 3.63) is 35.9 Å². The molecule has 4 bridgehead atoms. The number of rotatable bonds is 1. The number of hydrogen-bond acceptors (Lipinski definition) is 3. The van der Waals surface area contributed by atoms with Crippen molar-refractivity contribution in [2.24, 2.45) is 21.1 Å². The molecule has 4 atom stereocenters. The standard InChI is InChI=1S/C23H18N2O.2H2/c1-2-3-4-8-11-21-12-20-13-22(15-21,25-24-17-20)16-23(14-20,19(21)26)18-9-6-5-7-10-18;;/h1,5-7,9-10H,12-17H2;2*1H. The van der Waals surface area contributed by atoms with Crippen LogP contribution in [0.5, 0.6) is 0 Å². The van der Waals surface area contributed by atoms with Crippen LogP contribution in [0.1, 0.15) is 40.5 Å². The van der Waals surface area contributed by atoms with Crippen LogP contribution in [-0.2, 0) is 10.2 Å². The van der Waals surface area contributed by atoms with Crippen LogP contribution in [0.2, 0.25) is 0 Å². The van der Waals surface area contributed by atoms with Gasteiger partial charge in [0.15, 0.2) is 5.78 Å². The summed E-state index contributed by atoms with van der Waals surface area (Å²) in [4.78, 5) is 13.8. The lowest BCUT2D eigenvalue weighted by Gasteiger charge is -2.67. The van der Waals surface area contributed by atoms with Gasteiger partial charge in [0, 0.05) is 2.85 Å². The molecule has 1 heterocycles. The summed E-state index contributed by atoms with van der Waals surface area (Å²) >= 11 is 0. The molecule has 5 aliphatic rings. The van der Waals surface area contributed by atoms with Gasteiger partial charge in [0.25, 0.3) is 0 Å². The van der Waals surface area contributed by atoms with Crippen molar-refractivity contribution >= 4 is 5.78 Å². The van der Waals surface area contributed by atoms with Crippen molar-refractivity contribution < 1.29 is 7.65 Å². The predicted octanol–water partition coefficient (Wildman–Crippen LogP) is 3.79. The fourth-order valence-corrected chi connectivity index (χ4v) is 6.45. The second kappa shape index (κ2) is 4.87. The summed E-state index contributed by atoms with van der Waals surface area (Å²) in [5, 5.41) is 9.19. The van der Waals surface area contributed by atoms with Crippen LogP contribution in [0.25, 0.3) is 0 Å². The molecule has 3 nitrogen and oxygen atoms in total. The lowest BCUT2D eigenvalue weighted by molar-refractivity contribution is -0.166. The van der Waals surface area contributed by atoms with Crippen LogP contribution in [0.3, 0.4) is 0 Å². The highest BCUT2D eigenvalue weighted by Crippen LogP contribution is 2.71. The van der Waals surface area contributed by atoms with E-state index in [4.69, 9.17) is 11.5 Å². The molecule has 4 unspecified atom stereocenters. The average molecular weight is 342 g/mol. The maximum Gasteiger partial charge on any atom is 0.161 e. The van der Waals surface area contributed by atoms with E-state index >= 15 is 0 Å². The van der Waals surface area contributed by atoms with E-state index in [1.54, 1.807) is 0 Å². The first-order valence-electron chi connectivity index (χ1n) is 9.03. The van der Waals surface area contributed by atoms with Gasteiger partial charge >= 0.3 is 0 Å². The third-order valence-electron chi connectivity index (χ3n) is 6.70. The number of nitrogens with zero attached hydrogens (tertiary/aromatic N) is 2. The van der Waals surface area contributed by atoms with Crippen LogP contribution in [0.15, 0.2) is 40.6 Å². The molecule has 0 aromatic heterocycles. The molecule has 4 saturated carbocycles. The lowest BCUT2D eigenvalue weighted by Crippen LogP contribution is -2.71. The van der Waals surface area contributed by atoms with Crippen molar-refractivity contribution in [2.75, 3.05) is 6.54 Å². The average Bonchev–Trinajstić information content (AvgIpc) is 2.62. The SMILES string of the molecule is C#CC#CC#CC12CC34CN=NC(C3)(C1)CC(c1ccccc1)(C4)C2=O.[HH].[HH]. The minimum Gasteiger partial charge on any atom is -0.297 e. The van der Waals surface area contributed by atoms with Crippen LogP contribution >= 0.6 is 0 Å². The summed E-state index contributed by atoms with van der Waals surface area (Å²) in [6.07, 6.45) is 9.29. The van der Waals surface area contributed by atoms with Crippen LogP contribution < -0.4 is 0 Å². The Morgan fingerprint density at radius 2 is 1.85 bits per heavy atom. The fraction of sp³-hybridized carbons (Fsp3) is 0.435. The van der Waals surface area contributed by atoms with E-state index in [2.05, 4.69) is 46.8 Å². The monoisotopic (exact) mass is 342 g/mol. The molecule has 26 heavy (non-hydrogen) atoms. The van der Waals surface area contributed by atoms with E-state index in [0.717, 1.165) is 31.2 Å². The summed E-state index contributed by atoms with van der Waals surface area (Å²) in [5.74, 6) is 13.9. The molecule has 1 aromatic carbocycles. The molecule has 0 N–H and O–H groups in total. The molecule has 6 rings (SSSR count). The van der Waals surface area contributed by atoms with Crippen molar-refractivity contribution in [3.8, 4) is 36.0 Å². The van der Waals surface area contributed by atoms with Gasteiger partial charge in [-0.1, -0.05) is 36.3 Å². The van der Waals surface area contributed by atoms with Gasteiger partial charge in [0.1, 0.15) is 0 Å². The first kappa shape index (κ1) is 15.4.